The molecule has 0 bridgehead atoms. The van der Waals surface area contributed by atoms with E-state index in [0.717, 1.165) is 17.7 Å². The zero-order chi connectivity index (χ0) is 29.7. The number of nitriles is 1. The number of aromatic nitrogens is 2. The Morgan fingerprint density at radius 2 is 1.88 bits per heavy atom. The van der Waals surface area contributed by atoms with Crippen LogP contribution < -0.4 is 9.80 Å². The van der Waals surface area contributed by atoms with Gasteiger partial charge in [-0.3, -0.25) is 4.79 Å². The first kappa shape index (κ1) is 27.6. The fourth-order valence-electron chi connectivity index (χ4n) is 6.07. The fourth-order valence-corrected chi connectivity index (χ4v) is 6.92. The molecule has 220 valence electrons. The van der Waals surface area contributed by atoms with Crippen molar-refractivity contribution in [2.75, 3.05) is 56.2 Å². The van der Waals surface area contributed by atoms with Crippen LogP contribution in [0.25, 0.3) is 22.2 Å². The average molecular weight is 603 g/mol. The van der Waals surface area contributed by atoms with Gasteiger partial charge in [-0.25, -0.2) is 18.7 Å². The zero-order valence-electron chi connectivity index (χ0n) is 23.5. The van der Waals surface area contributed by atoms with E-state index >= 15 is 4.39 Å². The van der Waals surface area contributed by atoms with E-state index in [1.165, 1.54) is 29.5 Å². The van der Waals surface area contributed by atoms with Crippen LogP contribution in [0.5, 0.6) is 0 Å². The van der Waals surface area contributed by atoms with Crippen molar-refractivity contribution >= 4 is 44.7 Å². The molecule has 0 spiro atoms. The van der Waals surface area contributed by atoms with Gasteiger partial charge in [-0.15, -0.1) is 0 Å². The number of thiazole rings is 1. The lowest BCUT2D eigenvalue weighted by Crippen LogP contribution is -2.50. The summed E-state index contributed by atoms with van der Waals surface area (Å²) in [4.78, 5) is 28.5. The second-order valence-electron chi connectivity index (χ2n) is 10.9. The summed E-state index contributed by atoms with van der Waals surface area (Å²) in [6, 6.07) is 11.5. The summed E-state index contributed by atoms with van der Waals surface area (Å²) >= 11 is 1.21. The number of benzene rings is 2. The SMILES string of the molecule is CN(c1nc(-c2ccc(F)cc2)c(C#N)s1)c1c2c(nc3c(F)cc(N4CCN(C(=O)[C@H]5CCOC5)CC4)cc13)COC2. The molecule has 2 saturated heterocycles. The molecule has 5 heterocycles. The molecule has 3 aliphatic rings. The normalized spacial score (nSPS) is 18.2. The molecule has 3 aliphatic heterocycles. The molecule has 43 heavy (non-hydrogen) atoms. The van der Waals surface area contributed by atoms with E-state index in [-0.39, 0.29) is 29.8 Å². The maximum absolute atomic E-state index is 15.8. The third-order valence-electron chi connectivity index (χ3n) is 8.36. The number of ether oxygens (including phenoxy) is 2. The summed E-state index contributed by atoms with van der Waals surface area (Å²) in [5.74, 6) is -0.759. The van der Waals surface area contributed by atoms with Gasteiger partial charge in [0, 0.05) is 62.0 Å². The van der Waals surface area contributed by atoms with Crippen LogP contribution in [0, 0.1) is 28.9 Å². The van der Waals surface area contributed by atoms with Gasteiger partial charge in [0.05, 0.1) is 37.1 Å². The van der Waals surface area contributed by atoms with Crippen LogP contribution in [0.3, 0.4) is 0 Å². The van der Waals surface area contributed by atoms with Gasteiger partial charge in [0.25, 0.3) is 0 Å². The summed E-state index contributed by atoms with van der Waals surface area (Å²) in [7, 11) is 1.84. The number of carbonyl (C=O) groups is 1. The highest BCUT2D eigenvalue weighted by Crippen LogP contribution is 2.43. The van der Waals surface area contributed by atoms with Gasteiger partial charge < -0.3 is 24.2 Å². The Bertz CT molecular complexity index is 1760. The highest BCUT2D eigenvalue weighted by atomic mass is 32.1. The van der Waals surface area contributed by atoms with Gasteiger partial charge in [0.1, 0.15) is 28.0 Å². The highest BCUT2D eigenvalue weighted by molar-refractivity contribution is 7.16. The summed E-state index contributed by atoms with van der Waals surface area (Å²) in [6.07, 6.45) is 0.757. The number of carbonyl (C=O) groups excluding carboxylic acids is 1. The Balaban J connectivity index is 1.25. The minimum Gasteiger partial charge on any atom is -0.381 e. The lowest BCUT2D eigenvalue weighted by atomic mass is 10.0. The first-order valence-corrected chi connectivity index (χ1v) is 15.0. The smallest absolute Gasteiger partial charge is 0.228 e. The van der Waals surface area contributed by atoms with Gasteiger partial charge in [-0.1, -0.05) is 11.3 Å². The van der Waals surface area contributed by atoms with E-state index < -0.39 is 5.82 Å². The maximum atomic E-state index is 15.8. The van der Waals surface area contributed by atoms with Crippen molar-refractivity contribution in [3.05, 3.63) is 64.2 Å². The van der Waals surface area contributed by atoms with Crippen LogP contribution in [0.2, 0.25) is 0 Å². The highest BCUT2D eigenvalue weighted by Gasteiger charge is 2.31. The predicted molar refractivity (Wildman–Crippen MR) is 158 cm³/mol. The quantitative estimate of drug-likeness (QED) is 0.315. The first-order chi connectivity index (χ1) is 20.9. The number of hydrogen-bond acceptors (Lipinski definition) is 9. The summed E-state index contributed by atoms with van der Waals surface area (Å²) in [5.41, 5.74) is 4.27. The second kappa shape index (κ2) is 11.1. The molecule has 1 atom stereocenters. The zero-order valence-corrected chi connectivity index (χ0v) is 24.3. The number of amides is 1. The van der Waals surface area contributed by atoms with Crippen molar-refractivity contribution < 1.29 is 23.0 Å². The third-order valence-corrected chi connectivity index (χ3v) is 9.40. The Morgan fingerprint density at radius 3 is 2.60 bits per heavy atom. The van der Waals surface area contributed by atoms with Gasteiger partial charge in [0.2, 0.25) is 5.91 Å². The van der Waals surface area contributed by atoms with Crippen LogP contribution in [0.4, 0.5) is 25.3 Å². The van der Waals surface area contributed by atoms with Crippen molar-refractivity contribution in [2.45, 2.75) is 19.6 Å². The minimum absolute atomic E-state index is 0.0749. The monoisotopic (exact) mass is 602 g/mol. The van der Waals surface area contributed by atoms with Gasteiger partial charge >= 0.3 is 0 Å². The minimum atomic E-state index is -0.442. The number of hydrogen-bond donors (Lipinski definition) is 0. The summed E-state index contributed by atoms with van der Waals surface area (Å²) in [6.45, 7) is 3.96. The maximum Gasteiger partial charge on any atom is 0.228 e. The molecule has 2 aromatic heterocycles. The lowest BCUT2D eigenvalue weighted by molar-refractivity contribution is -0.135. The molecule has 7 rings (SSSR count). The molecule has 0 aliphatic carbocycles. The third kappa shape index (κ3) is 4.97. The molecule has 0 saturated carbocycles. The Hall–Kier alpha value is -4.18. The van der Waals surface area contributed by atoms with E-state index in [0.29, 0.717) is 84.0 Å². The van der Waals surface area contributed by atoms with Crippen molar-refractivity contribution in [2.24, 2.45) is 5.92 Å². The molecule has 9 nitrogen and oxygen atoms in total. The molecule has 12 heteroatoms. The number of pyridine rings is 1. The number of rotatable bonds is 5. The molecule has 2 fully saturated rings. The molecule has 0 N–H and O–H groups in total. The molecule has 1 amide bonds. The van der Waals surface area contributed by atoms with E-state index in [2.05, 4.69) is 16.0 Å². The molecular formula is C31H28F2N6O3S. The molecule has 0 unspecified atom stereocenters. The van der Waals surface area contributed by atoms with Crippen molar-refractivity contribution in [3.8, 4) is 17.3 Å². The lowest BCUT2D eigenvalue weighted by Gasteiger charge is -2.37. The fraction of sp³-hybridized carbons (Fsp3) is 0.355. The van der Waals surface area contributed by atoms with Crippen LogP contribution in [-0.2, 0) is 27.5 Å². The van der Waals surface area contributed by atoms with E-state index in [9.17, 15) is 14.4 Å². The topological polar surface area (TPSA) is 94.8 Å². The largest absolute Gasteiger partial charge is 0.381 e. The standard InChI is InChI=1S/C31H28F2N6O3S/c1-37(31-36-27(26(14-34)43-31)18-2-4-20(32)5-3-18)29-22-12-21(13-24(33)28(22)35-25-17-42-16-23(25)29)38-7-9-39(10-8-38)30(40)19-6-11-41-15-19/h2-5,12-13,19H,6-11,15-17H2,1H3/t19-/m0/s1. The molecular weight excluding hydrogens is 574 g/mol. The van der Waals surface area contributed by atoms with Gasteiger partial charge in [0.15, 0.2) is 10.9 Å². The molecule has 2 aromatic carbocycles. The van der Waals surface area contributed by atoms with Crippen LogP contribution >= 0.6 is 11.3 Å². The number of halogens is 2. The van der Waals surface area contributed by atoms with Crippen molar-refractivity contribution in [1.29, 1.82) is 5.26 Å². The van der Waals surface area contributed by atoms with E-state index in [4.69, 9.17) is 14.5 Å². The van der Waals surface area contributed by atoms with Crippen LogP contribution in [-0.4, -0.2) is 67.2 Å². The Morgan fingerprint density at radius 1 is 1.09 bits per heavy atom. The summed E-state index contributed by atoms with van der Waals surface area (Å²) < 4.78 is 40.5. The van der Waals surface area contributed by atoms with Gasteiger partial charge in [-0.05, 0) is 42.8 Å². The number of piperazine rings is 1. The first-order valence-electron chi connectivity index (χ1n) is 14.2. The van der Waals surface area contributed by atoms with Crippen molar-refractivity contribution in [3.63, 3.8) is 0 Å². The number of fused-ring (bicyclic) bond motifs is 2. The van der Waals surface area contributed by atoms with Crippen LogP contribution in [0.1, 0.15) is 22.6 Å². The van der Waals surface area contributed by atoms with E-state index in [1.807, 2.05) is 22.9 Å². The Kier molecular flexibility index (Phi) is 7.17. The second-order valence-corrected chi connectivity index (χ2v) is 11.9. The summed E-state index contributed by atoms with van der Waals surface area (Å²) in [5, 5.41) is 11.0. The predicted octanol–water partition coefficient (Wildman–Crippen LogP) is 4.99. The van der Waals surface area contributed by atoms with E-state index in [1.54, 1.807) is 12.1 Å². The number of anilines is 3. The molecule has 4 aromatic rings. The number of nitrogens with zero attached hydrogens (tertiary/aromatic N) is 6. The van der Waals surface area contributed by atoms with Crippen LogP contribution in [0.15, 0.2) is 36.4 Å². The van der Waals surface area contributed by atoms with Gasteiger partial charge in [-0.2, -0.15) is 5.26 Å². The Labute approximate surface area is 250 Å². The van der Waals surface area contributed by atoms with Crippen molar-refractivity contribution in [1.82, 2.24) is 14.9 Å². The average Bonchev–Trinajstić information content (AvgIpc) is 3.81. The molecule has 0 radical (unpaired) electrons.